The van der Waals surface area contributed by atoms with E-state index in [0.29, 0.717) is 72.4 Å². The molecule has 8 aromatic rings. The van der Waals surface area contributed by atoms with Crippen LogP contribution in [0.15, 0.2) is 241 Å². The van der Waals surface area contributed by atoms with Crippen molar-refractivity contribution in [2.24, 2.45) is 0 Å². The van der Waals surface area contributed by atoms with Gasteiger partial charge in [-0.3, -0.25) is 73.7 Å². The molecule has 0 fully saturated rings. The van der Waals surface area contributed by atoms with Gasteiger partial charge in [0.1, 0.15) is 0 Å². The Kier molecular flexibility index (Phi) is 39.2. The lowest BCUT2D eigenvalue weighted by Gasteiger charge is -2.08. The van der Waals surface area contributed by atoms with Gasteiger partial charge in [0.2, 0.25) is 23.6 Å². The number of hydrogen-bond donors (Lipinski definition) is 4. The molecule has 110 heavy (non-hydrogen) atoms. The molecule has 0 aliphatic rings. The lowest BCUT2D eigenvalue weighted by Crippen LogP contribution is -2.25. The topological polar surface area (TPSA) is 327 Å². The van der Waals surface area contributed by atoms with Crippen LogP contribution in [-0.2, 0) is 38.4 Å². The maximum absolute atomic E-state index is 12.5. The number of benzene rings is 6. The fraction of sp³-hybridized carbons (Fsp3) is 0.198. The van der Waals surface area contributed by atoms with Gasteiger partial charge in [0, 0.05) is 109 Å². The maximum atomic E-state index is 12.5. The first-order valence-corrected chi connectivity index (χ1v) is 36.7. The number of nitro groups is 3. The molecule has 0 aliphatic carbocycles. The zero-order chi connectivity index (χ0) is 80.0. The standard InChI is InChI=1S/C23H24N2O4.C22H21ClN2O4.C22H22N2O4.C19H20N2O2S/c1-3-4-5-22(26)21(16-19-10-13-20(14-11-19)25(28)29)24-23(27)15-12-18-8-6-17(2)7-9-18;1-2-3-4-21(26)20(15-17-7-12-19(13-8-17)25(28)29)24-22(27)14-9-16-5-10-18(23)11-6-16;1-2-3-9-21(25)20(16-18-10-13-19(14-11-18)24(27)28)23-22(26)15-12-17-7-5-4-6-8-17;1-2-3-8-18(22)17(13-15-6-4-11-20-14-15)21-19(23)10-9-16-7-5-12-24-16/h6-16H,3-5H2,1-2H3,(H,24,27);5-15H,2-4H2,1H3,(H,24,27);4-8,10-16H,2-3,9H2,1H3,(H,23,26);4-7,9-14H,2-3,8H2,1H3,(H,21,23)/b15-12+,21-16-;14-9+,20-15-;15-12+,20-16-;10-9+,17-13-. The third kappa shape index (κ3) is 34.6. The number of amides is 4. The normalized spacial score (nSPS) is 11.5. The Morgan fingerprint density at radius 2 is 0.691 bits per heavy atom. The molecule has 0 atom stereocenters. The summed E-state index contributed by atoms with van der Waals surface area (Å²) in [6, 6.07) is 48.9. The predicted octanol–water partition coefficient (Wildman–Crippen LogP) is 18.6. The van der Waals surface area contributed by atoms with Gasteiger partial charge >= 0.3 is 0 Å². The highest BCUT2D eigenvalue weighted by Crippen LogP contribution is 2.21. The molecule has 0 saturated heterocycles. The fourth-order valence-electron chi connectivity index (χ4n) is 9.41. The van der Waals surface area contributed by atoms with Gasteiger partial charge < -0.3 is 21.3 Å². The molecular weight excluding hydrogens is 1440 g/mol. The minimum atomic E-state index is -0.496. The van der Waals surface area contributed by atoms with Crippen molar-refractivity contribution in [1.29, 1.82) is 0 Å². The van der Waals surface area contributed by atoms with Crippen molar-refractivity contribution >= 4 is 135 Å². The van der Waals surface area contributed by atoms with Crippen LogP contribution in [0.4, 0.5) is 17.1 Å². The summed E-state index contributed by atoms with van der Waals surface area (Å²) in [4.78, 5) is 135. The number of aryl methyl sites for hydroxylation is 1. The molecule has 0 aliphatic heterocycles. The van der Waals surface area contributed by atoms with Gasteiger partial charge in [0.15, 0.2) is 23.1 Å². The van der Waals surface area contributed by atoms with E-state index in [9.17, 15) is 68.7 Å². The maximum Gasteiger partial charge on any atom is 0.269 e. The number of aromatic nitrogens is 1. The number of ketones is 4. The van der Waals surface area contributed by atoms with Gasteiger partial charge in [-0.05, 0) is 186 Å². The van der Waals surface area contributed by atoms with E-state index < -0.39 is 32.5 Å². The van der Waals surface area contributed by atoms with Crippen LogP contribution < -0.4 is 21.3 Å². The Hall–Kier alpha value is -12.9. The fourth-order valence-corrected chi connectivity index (χ4v) is 10.2. The van der Waals surface area contributed by atoms with Crippen molar-refractivity contribution in [2.75, 3.05) is 0 Å². The van der Waals surface area contributed by atoms with Crippen molar-refractivity contribution < 1.29 is 53.1 Å². The van der Waals surface area contributed by atoms with Crippen LogP contribution in [0.5, 0.6) is 0 Å². The van der Waals surface area contributed by atoms with Gasteiger partial charge in [-0.1, -0.05) is 149 Å². The van der Waals surface area contributed by atoms with E-state index in [0.717, 1.165) is 64.8 Å². The second-order valence-electron chi connectivity index (χ2n) is 24.3. The van der Waals surface area contributed by atoms with Crippen LogP contribution in [0.3, 0.4) is 0 Å². The Morgan fingerprint density at radius 3 is 1.00 bits per heavy atom. The van der Waals surface area contributed by atoms with E-state index >= 15 is 0 Å². The number of halogens is 1. The number of nitrogens with one attached hydrogen (secondary N) is 4. The third-order valence-corrected chi connectivity index (χ3v) is 16.6. The lowest BCUT2D eigenvalue weighted by atomic mass is 10.1. The van der Waals surface area contributed by atoms with E-state index in [-0.39, 0.29) is 63.2 Å². The molecule has 22 nitrogen and oxygen atoms in total. The number of rotatable bonds is 35. The van der Waals surface area contributed by atoms with Crippen LogP contribution in [0.25, 0.3) is 48.6 Å². The van der Waals surface area contributed by atoms with Crippen molar-refractivity contribution in [2.45, 2.75) is 112 Å². The van der Waals surface area contributed by atoms with Gasteiger partial charge in [-0.25, -0.2) is 0 Å². The summed E-state index contributed by atoms with van der Waals surface area (Å²) >= 11 is 7.39. The molecule has 0 spiro atoms. The zero-order valence-electron chi connectivity index (χ0n) is 61.7. The summed E-state index contributed by atoms with van der Waals surface area (Å²) in [7, 11) is 0. The van der Waals surface area contributed by atoms with Gasteiger partial charge in [-0.2, -0.15) is 0 Å². The first kappa shape index (κ1) is 87.8. The number of Topliss-reactive ketones (excluding diaryl/α,β-unsaturated/α-hetero) is 4. The van der Waals surface area contributed by atoms with Crippen LogP contribution in [0.1, 0.15) is 154 Å². The quantitative estimate of drug-likeness (QED) is 0.0163. The molecule has 0 saturated carbocycles. The molecule has 4 N–H and O–H groups in total. The zero-order valence-corrected chi connectivity index (χ0v) is 63.3. The molecule has 2 heterocycles. The summed E-state index contributed by atoms with van der Waals surface area (Å²) in [6.45, 7) is 9.95. The second-order valence-corrected chi connectivity index (χ2v) is 25.8. The minimum absolute atomic E-state index is 0.0360. The average Bonchev–Trinajstić information content (AvgIpc) is 1.41. The summed E-state index contributed by atoms with van der Waals surface area (Å²) in [5.74, 6) is -2.22. The Morgan fingerprint density at radius 1 is 0.382 bits per heavy atom. The first-order valence-electron chi connectivity index (χ1n) is 35.5. The SMILES string of the molecule is CCCCC(=O)/C(=C/c1ccc([N+](=O)[O-])cc1)NC(=O)/C=C/c1ccc(C)cc1.CCCCC(=O)/C(=C/c1ccc([N+](=O)[O-])cc1)NC(=O)/C=C/c1ccc(Cl)cc1.CCCCC(=O)/C(=C/c1ccc([N+](=O)[O-])cc1)NC(=O)/C=C/c1ccccc1.CCCCC(=O)/C(=C/c1cccnc1)NC(=O)/C=C/c1cccs1. The van der Waals surface area contributed by atoms with E-state index in [2.05, 4.69) is 26.3 Å². The van der Waals surface area contributed by atoms with Crippen LogP contribution in [0.2, 0.25) is 5.02 Å². The molecule has 6 aromatic carbocycles. The van der Waals surface area contributed by atoms with E-state index in [1.165, 1.54) is 97.1 Å². The number of carbonyl (C=O) groups excluding carboxylic acids is 8. The molecule has 2 aromatic heterocycles. The molecule has 0 unspecified atom stereocenters. The van der Waals surface area contributed by atoms with Gasteiger partial charge in [0.25, 0.3) is 17.1 Å². The first-order chi connectivity index (χ1) is 52.9. The number of non-ortho nitro benzene ring substituents is 3. The summed E-state index contributed by atoms with van der Waals surface area (Å²) in [5.41, 5.74) is 6.90. The number of carbonyl (C=O) groups is 8. The molecule has 0 radical (unpaired) electrons. The van der Waals surface area contributed by atoms with E-state index in [4.69, 9.17) is 11.6 Å². The highest BCUT2D eigenvalue weighted by Gasteiger charge is 2.17. The van der Waals surface area contributed by atoms with Crippen molar-refractivity contribution in [3.05, 3.63) is 326 Å². The van der Waals surface area contributed by atoms with E-state index in [1.54, 1.807) is 103 Å². The summed E-state index contributed by atoms with van der Waals surface area (Å²) < 4.78 is 0. The number of unbranched alkanes of at least 4 members (excludes halogenated alkanes) is 4. The van der Waals surface area contributed by atoms with Crippen LogP contribution >= 0.6 is 22.9 Å². The second kappa shape index (κ2) is 49.1. The molecular formula is C86H87ClN8O14S. The number of nitro benzene ring substituents is 3. The van der Waals surface area contributed by atoms with Crippen molar-refractivity contribution in [3.63, 3.8) is 0 Å². The van der Waals surface area contributed by atoms with E-state index in [1.807, 2.05) is 113 Å². The Bertz CT molecular complexity index is 4490. The molecule has 568 valence electrons. The van der Waals surface area contributed by atoms with Crippen molar-refractivity contribution in [3.8, 4) is 0 Å². The van der Waals surface area contributed by atoms with Crippen LogP contribution in [0, 0.1) is 37.3 Å². The monoisotopic (exact) mass is 1520 g/mol. The number of pyridine rings is 1. The Balaban J connectivity index is 0.000000263. The molecule has 4 amide bonds. The number of hydrogen-bond acceptors (Lipinski definition) is 16. The lowest BCUT2D eigenvalue weighted by molar-refractivity contribution is -0.385. The van der Waals surface area contributed by atoms with Gasteiger partial charge in [0.05, 0.1) is 37.6 Å². The predicted molar refractivity (Wildman–Crippen MR) is 436 cm³/mol. The summed E-state index contributed by atoms with van der Waals surface area (Å²) in [5, 5.41) is 45.5. The number of allylic oxidation sites excluding steroid dienone is 4. The van der Waals surface area contributed by atoms with Crippen molar-refractivity contribution in [1.82, 2.24) is 26.3 Å². The minimum Gasteiger partial charge on any atom is -0.319 e. The third-order valence-electron chi connectivity index (χ3n) is 15.5. The average molecular weight is 1520 g/mol. The smallest absolute Gasteiger partial charge is 0.269 e. The molecule has 8 rings (SSSR count). The van der Waals surface area contributed by atoms with Gasteiger partial charge in [-0.15, -0.1) is 11.3 Å². The number of thiophene rings is 1. The van der Waals surface area contributed by atoms with Crippen LogP contribution in [-0.4, -0.2) is 66.5 Å². The largest absolute Gasteiger partial charge is 0.319 e. The Labute approximate surface area is 648 Å². The summed E-state index contributed by atoms with van der Waals surface area (Å²) in [6.07, 6.45) is 29.6. The number of nitrogens with zero attached hydrogens (tertiary/aromatic N) is 4. The molecule has 0 bridgehead atoms. The highest BCUT2D eigenvalue weighted by atomic mass is 35.5. The highest BCUT2D eigenvalue weighted by molar-refractivity contribution is 7.10. The molecule has 24 heteroatoms.